The van der Waals surface area contributed by atoms with Gasteiger partial charge in [-0.2, -0.15) is 52.7 Å². The van der Waals surface area contributed by atoms with Crippen molar-refractivity contribution in [3.8, 4) is 66.8 Å². The van der Waals surface area contributed by atoms with Gasteiger partial charge in [0.2, 0.25) is 0 Å². The number of hydrogen-bond donors (Lipinski definition) is 0. The standard InChI is InChI=1S/C72H44F12N/c73-69(74,75)49-25-17-41(18-26-49)57-33-45-9-1-5-13-53(45)65-61(57)37-85(38-62-58(34-46-10-2-6-14-54(46)66(62)65)42-19-27-50(28-20-42)70(76,77)78)39-63-59(43-21-29-51(30-22-43)71(79,80)81)35-47-11-3-7-15-55(47)67(63)68-56-16-8-4-12-48(56)36-60(64(68)40-85)44-23-31-52(32-24-44)72(82,83)84/h1-36H,37-40H2/q+1. The molecule has 2 heterocycles. The average Bonchev–Trinajstić information content (AvgIpc) is 1.67. The molecular weight excluding hydrogens is 1110 g/mol. The van der Waals surface area contributed by atoms with Gasteiger partial charge >= 0.3 is 24.7 Å². The first-order valence-electron chi connectivity index (χ1n) is 27.4. The number of hydrogen-bond acceptors (Lipinski definition) is 0. The van der Waals surface area contributed by atoms with Crippen LogP contribution in [0, 0.1) is 0 Å². The molecule has 85 heavy (non-hydrogen) atoms. The normalized spacial score (nSPS) is 14.3. The van der Waals surface area contributed by atoms with Crippen molar-refractivity contribution in [1.29, 1.82) is 0 Å². The van der Waals surface area contributed by atoms with Crippen LogP contribution in [-0.4, -0.2) is 4.48 Å². The van der Waals surface area contributed by atoms with E-state index in [1.54, 1.807) is 0 Å². The maximum atomic E-state index is 14.4. The van der Waals surface area contributed by atoms with Gasteiger partial charge in [0.05, 0.1) is 22.3 Å². The van der Waals surface area contributed by atoms with E-state index in [0.29, 0.717) is 44.5 Å². The Balaban J connectivity index is 1.17. The lowest BCUT2D eigenvalue weighted by Crippen LogP contribution is -2.44. The molecule has 0 aromatic heterocycles. The first-order chi connectivity index (χ1) is 40.6. The van der Waals surface area contributed by atoms with E-state index < -0.39 is 47.0 Å². The minimum Gasteiger partial charge on any atom is -0.308 e. The van der Waals surface area contributed by atoms with Gasteiger partial charge in [0.15, 0.2) is 0 Å². The van der Waals surface area contributed by atoms with Crippen molar-refractivity contribution in [3.05, 3.63) is 263 Å². The van der Waals surface area contributed by atoms with E-state index in [-0.39, 0.29) is 30.7 Å². The topological polar surface area (TPSA) is 0 Å². The molecule has 0 fully saturated rings. The molecule has 0 bridgehead atoms. The average molecular weight is 1150 g/mol. The Morgan fingerprint density at radius 3 is 0.612 bits per heavy atom. The Morgan fingerprint density at radius 2 is 0.424 bits per heavy atom. The highest BCUT2D eigenvalue weighted by Crippen LogP contribution is 2.56. The van der Waals surface area contributed by atoms with Crippen LogP contribution in [0.4, 0.5) is 52.7 Å². The Morgan fingerprint density at radius 1 is 0.235 bits per heavy atom. The van der Waals surface area contributed by atoms with E-state index in [2.05, 4.69) is 0 Å². The van der Waals surface area contributed by atoms with Crippen molar-refractivity contribution < 1.29 is 57.2 Å². The van der Waals surface area contributed by atoms with E-state index in [4.69, 9.17) is 0 Å². The fourth-order valence-electron chi connectivity index (χ4n) is 13.4. The molecule has 1 nitrogen and oxygen atoms in total. The highest BCUT2D eigenvalue weighted by atomic mass is 19.4. The summed E-state index contributed by atoms with van der Waals surface area (Å²) in [6.45, 7) is 0.569. The molecule has 0 N–H and O–H groups in total. The van der Waals surface area contributed by atoms with Crippen LogP contribution >= 0.6 is 0 Å². The zero-order valence-corrected chi connectivity index (χ0v) is 44.6. The minimum atomic E-state index is -4.66. The summed E-state index contributed by atoms with van der Waals surface area (Å²) in [6.07, 6.45) is -18.6. The molecule has 2 aliphatic heterocycles. The molecule has 0 amide bonds. The highest BCUT2D eigenvalue weighted by molar-refractivity contribution is 6.14. The van der Waals surface area contributed by atoms with Gasteiger partial charge in [0, 0.05) is 44.5 Å². The molecule has 0 saturated carbocycles. The van der Waals surface area contributed by atoms with Crippen LogP contribution in [0.5, 0.6) is 0 Å². The summed E-state index contributed by atoms with van der Waals surface area (Å²) in [6, 6.07) is 58.7. The van der Waals surface area contributed by atoms with Gasteiger partial charge < -0.3 is 4.48 Å². The van der Waals surface area contributed by atoms with Crippen LogP contribution in [0.3, 0.4) is 0 Å². The van der Waals surface area contributed by atoms with Crippen LogP contribution in [0.15, 0.2) is 218 Å². The molecule has 0 unspecified atom stereocenters. The van der Waals surface area contributed by atoms with Gasteiger partial charge in [-0.25, -0.2) is 0 Å². The second-order valence-corrected chi connectivity index (χ2v) is 22.3. The second-order valence-electron chi connectivity index (χ2n) is 22.3. The van der Waals surface area contributed by atoms with E-state index in [1.165, 1.54) is 48.5 Å². The summed E-state index contributed by atoms with van der Waals surface area (Å²) in [7, 11) is 0. The summed E-state index contributed by atoms with van der Waals surface area (Å²) in [5.41, 5.74) is 6.96. The van der Waals surface area contributed by atoms with Crippen molar-refractivity contribution >= 4 is 43.1 Å². The van der Waals surface area contributed by atoms with E-state index in [9.17, 15) is 52.7 Å². The Kier molecular flexibility index (Phi) is 12.3. The predicted molar refractivity (Wildman–Crippen MR) is 311 cm³/mol. The van der Waals surface area contributed by atoms with Crippen molar-refractivity contribution in [1.82, 2.24) is 0 Å². The molecule has 12 aromatic rings. The SMILES string of the molecule is FC(F)(F)c1ccc(-c2cc3ccccc3c3c2C[N+]2(Cc4c(-c5ccc(C(F)(F)F)cc5)cc5ccccc5c4-3)Cc3c(-c4ccc(C(F)(F)F)cc4)cc4ccccc4c3-c3c(c(-c4ccc(C(F)(F)F)cc4)cc4ccccc34)C2)cc1. The zero-order valence-electron chi connectivity index (χ0n) is 44.6. The Labute approximate surface area is 478 Å². The van der Waals surface area contributed by atoms with Crippen molar-refractivity contribution in [2.75, 3.05) is 0 Å². The van der Waals surface area contributed by atoms with Gasteiger partial charge in [-0.1, -0.05) is 146 Å². The van der Waals surface area contributed by atoms with Gasteiger partial charge in [-0.15, -0.1) is 0 Å². The number of halogens is 12. The quantitative estimate of drug-likeness (QED) is 0.122. The van der Waals surface area contributed by atoms with Crippen LogP contribution in [0.2, 0.25) is 0 Å². The molecule has 12 aromatic carbocycles. The highest BCUT2D eigenvalue weighted by Gasteiger charge is 2.44. The summed E-state index contributed by atoms with van der Waals surface area (Å²) >= 11 is 0. The van der Waals surface area contributed by atoms with E-state index in [0.717, 1.165) is 136 Å². The molecule has 0 atom stereocenters. The maximum Gasteiger partial charge on any atom is 0.416 e. The maximum absolute atomic E-state index is 14.4. The third-order valence-electron chi connectivity index (χ3n) is 17.2. The minimum absolute atomic E-state index is 0.0515. The molecule has 14 rings (SSSR count). The van der Waals surface area contributed by atoms with Gasteiger partial charge in [-0.3, -0.25) is 0 Å². The molecule has 0 aliphatic carbocycles. The first-order valence-corrected chi connectivity index (χ1v) is 27.4. The number of alkyl halides is 12. The third-order valence-corrected chi connectivity index (χ3v) is 17.2. The van der Waals surface area contributed by atoms with Crippen molar-refractivity contribution in [3.63, 3.8) is 0 Å². The summed E-state index contributed by atoms with van der Waals surface area (Å²) in [5, 5.41) is 6.24. The number of rotatable bonds is 4. The van der Waals surface area contributed by atoms with E-state index in [1.807, 2.05) is 121 Å². The predicted octanol–water partition coefficient (Wildman–Crippen LogP) is 21.9. The number of quaternary nitrogens is 1. The Hall–Kier alpha value is -9.20. The zero-order chi connectivity index (χ0) is 59.0. The Bertz CT molecular complexity index is 4070. The third kappa shape index (κ3) is 9.27. The number of fused-ring (bicyclic) bond motifs is 14. The van der Waals surface area contributed by atoms with E-state index >= 15 is 0 Å². The lowest BCUT2D eigenvalue weighted by atomic mass is 9.82. The fourth-order valence-corrected chi connectivity index (χ4v) is 13.4. The van der Waals surface area contributed by atoms with Crippen LogP contribution in [-0.2, 0) is 50.9 Å². The number of benzene rings is 12. The van der Waals surface area contributed by atoms with Crippen LogP contribution in [0.25, 0.3) is 110 Å². The molecular formula is C72H44F12N+. The molecule has 0 radical (unpaired) electrons. The van der Waals surface area contributed by atoms with Gasteiger partial charge in [0.25, 0.3) is 0 Å². The largest absolute Gasteiger partial charge is 0.416 e. The van der Waals surface area contributed by atoms with Crippen molar-refractivity contribution in [2.24, 2.45) is 0 Å². The molecule has 0 saturated heterocycles. The monoisotopic (exact) mass is 1150 g/mol. The first kappa shape index (κ1) is 53.8. The van der Waals surface area contributed by atoms with Crippen LogP contribution < -0.4 is 0 Å². The van der Waals surface area contributed by atoms with Crippen molar-refractivity contribution in [2.45, 2.75) is 50.9 Å². The summed E-state index contributed by atoms with van der Waals surface area (Å²) in [5.74, 6) is 0. The van der Waals surface area contributed by atoms with Gasteiger partial charge in [0.1, 0.15) is 26.2 Å². The fraction of sp³-hybridized carbons (Fsp3) is 0.111. The second kappa shape index (κ2) is 19.4. The number of nitrogens with zero attached hydrogens (tertiary/aromatic N) is 1. The summed E-state index contributed by atoms with van der Waals surface area (Å²) < 4.78 is 173. The molecule has 2 aliphatic rings. The molecule has 1 spiro atoms. The van der Waals surface area contributed by atoms with Crippen LogP contribution in [0.1, 0.15) is 44.5 Å². The summed E-state index contributed by atoms with van der Waals surface area (Å²) in [4.78, 5) is 0. The smallest absolute Gasteiger partial charge is 0.308 e. The lowest BCUT2D eigenvalue weighted by Gasteiger charge is -2.39. The lowest BCUT2D eigenvalue weighted by molar-refractivity contribution is -0.977. The van der Waals surface area contributed by atoms with Gasteiger partial charge in [-0.05, 0) is 160 Å². The molecule has 13 heteroatoms. The molecule has 420 valence electrons.